The third-order valence-corrected chi connectivity index (χ3v) is 2.15. The Labute approximate surface area is 77.3 Å². The van der Waals surface area contributed by atoms with Crippen LogP contribution in [0, 0.1) is 0 Å². The van der Waals surface area contributed by atoms with Crippen molar-refractivity contribution in [1.82, 2.24) is 0 Å². The fourth-order valence-corrected chi connectivity index (χ4v) is 1.23. The van der Waals surface area contributed by atoms with Crippen LogP contribution in [0.2, 0.25) is 0 Å². The molecule has 1 radical (unpaired) electrons. The molecule has 0 aliphatic rings. The van der Waals surface area contributed by atoms with Gasteiger partial charge < -0.3 is 22.9 Å². The van der Waals surface area contributed by atoms with Gasteiger partial charge in [-0.3, -0.25) is 0 Å². The fraction of sp³-hybridized carbons (Fsp3) is 0. The number of rotatable bonds is 0. The van der Waals surface area contributed by atoms with Gasteiger partial charge in [-0.2, -0.15) is 3.69 Å². The lowest BCUT2D eigenvalue weighted by Gasteiger charge is -2.11. The molecule has 11 heavy (non-hydrogen) atoms. The van der Waals surface area contributed by atoms with Crippen LogP contribution in [-0.4, -0.2) is 21.7 Å². The zero-order valence-electron chi connectivity index (χ0n) is 6.09. The molecule has 55 valence electrons. The Kier molecular flexibility index (Phi) is 2.01. The Hall–Kier alpha value is -0.814. The Morgan fingerprint density at radius 3 is 2.00 bits per heavy atom. The first kappa shape index (κ1) is 8.28. The third-order valence-electron chi connectivity index (χ3n) is 1.57. The largest absolute Gasteiger partial charge is 0.399 e. The molecule has 0 unspecified atom stereocenters. The van der Waals surface area contributed by atoms with Gasteiger partial charge in [0.1, 0.15) is 0 Å². The Morgan fingerprint density at radius 1 is 0.909 bits per heavy atom. The van der Waals surface area contributed by atoms with Crippen LogP contribution < -0.4 is 26.6 Å². The molecule has 1 aromatic carbocycles. The first-order valence-corrected chi connectivity index (χ1v) is 3.79. The number of nitrogens with two attached hydrogens (primary N) is 4. The zero-order chi connectivity index (χ0) is 8.59. The normalized spacial score (nSPS) is 9.73. The van der Waals surface area contributed by atoms with E-state index in [4.69, 9.17) is 22.9 Å². The Bertz CT molecular complexity index is 271. The summed E-state index contributed by atoms with van der Waals surface area (Å²) in [7, 11) is 0. The molecular formula is C6H9MgN4. The quantitative estimate of drug-likeness (QED) is 0.284. The van der Waals surface area contributed by atoms with Crippen molar-refractivity contribution >= 4 is 48.2 Å². The van der Waals surface area contributed by atoms with Crippen LogP contribution in [0.1, 0.15) is 0 Å². The summed E-state index contributed by atoms with van der Waals surface area (Å²) in [6, 6.07) is 1.72. The van der Waals surface area contributed by atoms with Crippen LogP contribution in [-0.2, 0) is 0 Å². The molecule has 0 bridgehead atoms. The summed E-state index contributed by atoms with van der Waals surface area (Å²) in [6.45, 7) is 0. The fourth-order valence-electron chi connectivity index (χ4n) is 0.817. The minimum Gasteiger partial charge on any atom is -0.399 e. The van der Waals surface area contributed by atoms with Gasteiger partial charge in [-0.25, -0.2) is 0 Å². The lowest BCUT2D eigenvalue weighted by atomic mass is 10.2. The molecule has 0 saturated heterocycles. The van der Waals surface area contributed by atoms with Crippen LogP contribution in [0.15, 0.2) is 6.07 Å². The van der Waals surface area contributed by atoms with Gasteiger partial charge in [0.2, 0.25) is 0 Å². The van der Waals surface area contributed by atoms with E-state index in [1.165, 1.54) is 0 Å². The first-order chi connectivity index (χ1) is 5.04. The van der Waals surface area contributed by atoms with Crippen molar-refractivity contribution in [2.45, 2.75) is 0 Å². The van der Waals surface area contributed by atoms with E-state index in [1.54, 1.807) is 27.8 Å². The van der Waals surface area contributed by atoms with Gasteiger partial charge in [-0.15, -0.1) is 0 Å². The van der Waals surface area contributed by atoms with Crippen molar-refractivity contribution in [3.63, 3.8) is 0 Å². The van der Waals surface area contributed by atoms with Crippen molar-refractivity contribution in [2.75, 3.05) is 22.9 Å². The highest BCUT2D eigenvalue weighted by Gasteiger charge is 2.03. The molecule has 5 heteroatoms. The number of anilines is 4. The lowest BCUT2D eigenvalue weighted by Crippen LogP contribution is -2.15. The maximum Gasteiger partial charge on any atom is 0.279 e. The van der Waals surface area contributed by atoms with Gasteiger partial charge in [0.25, 0.3) is 21.7 Å². The molecular weight excluding hydrogens is 152 g/mol. The van der Waals surface area contributed by atoms with Gasteiger partial charge in [0.15, 0.2) is 0 Å². The molecule has 4 nitrogen and oxygen atoms in total. The van der Waals surface area contributed by atoms with E-state index < -0.39 is 0 Å². The van der Waals surface area contributed by atoms with Gasteiger partial charge in [0, 0.05) is 5.69 Å². The second-order valence-corrected chi connectivity index (χ2v) is 3.13. The summed E-state index contributed by atoms with van der Waals surface area (Å²) >= 11 is 1.63. The molecule has 0 amide bonds. The van der Waals surface area contributed by atoms with Crippen LogP contribution in [0.4, 0.5) is 22.7 Å². The molecule has 0 aliphatic heterocycles. The van der Waals surface area contributed by atoms with E-state index >= 15 is 0 Å². The average molecular weight is 161 g/mol. The highest BCUT2D eigenvalue weighted by Crippen LogP contribution is 2.25. The van der Waals surface area contributed by atoms with Crippen molar-refractivity contribution in [1.29, 1.82) is 0 Å². The summed E-state index contributed by atoms with van der Waals surface area (Å²) in [6.07, 6.45) is 0. The number of benzene rings is 1. The summed E-state index contributed by atoms with van der Waals surface area (Å²) < 4.78 is 0.884. The van der Waals surface area contributed by atoms with E-state index in [0.717, 1.165) is 3.69 Å². The first-order valence-electron chi connectivity index (χ1n) is 3.09. The molecule has 0 atom stereocenters. The lowest BCUT2D eigenvalue weighted by molar-refractivity contribution is 1.67. The van der Waals surface area contributed by atoms with E-state index in [-0.39, 0.29) is 0 Å². The molecule has 0 fully saturated rings. The summed E-state index contributed by atoms with van der Waals surface area (Å²) in [5.74, 6) is 0. The van der Waals surface area contributed by atoms with Gasteiger partial charge in [-0.05, 0) is 0 Å². The SMILES string of the molecule is Nc1c[c]([Mg])c(N)c(N)c1N. The Morgan fingerprint density at radius 2 is 1.45 bits per heavy atom. The predicted molar refractivity (Wildman–Crippen MR) is 49.5 cm³/mol. The molecule has 0 saturated carbocycles. The van der Waals surface area contributed by atoms with E-state index in [1.807, 2.05) is 0 Å². The van der Waals surface area contributed by atoms with E-state index in [9.17, 15) is 0 Å². The highest BCUT2D eigenvalue weighted by molar-refractivity contribution is 6.37. The van der Waals surface area contributed by atoms with Crippen molar-refractivity contribution < 1.29 is 0 Å². The number of hydrogen-bond donors (Lipinski definition) is 4. The minimum absolute atomic E-state index is 0.373. The third kappa shape index (κ3) is 1.29. The van der Waals surface area contributed by atoms with Gasteiger partial charge in [0.05, 0.1) is 17.1 Å². The van der Waals surface area contributed by atoms with Crippen LogP contribution in [0.3, 0.4) is 0 Å². The van der Waals surface area contributed by atoms with Gasteiger partial charge >= 0.3 is 0 Å². The maximum atomic E-state index is 5.60. The predicted octanol–water partition coefficient (Wildman–Crippen LogP) is -1.19. The number of nitrogen functional groups attached to an aromatic ring is 4. The maximum absolute atomic E-state index is 5.60. The molecule has 0 aliphatic carbocycles. The topological polar surface area (TPSA) is 104 Å². The summed E-state index contributed by atoms with van der Waals surface area (Å²) in [4.78, 5) is 0. The number of hydrogen-bond acceptors (Lipinski definition) is 4. The molecule has 1 aromatic rings. The molecule has 0 spiro atoms. The molecule has 0 aromatic heterocycles. The minimum atomic E-state index is 0.373. The van der Waals surface area contributed by atoms with Crippen molar-refractivity contribution in [2.24, 2.45) is 0 Å². The van der Waals surface area contributed by atoms with Crippen LogP contribution in [0.5, 0.6) is 0 Å². The molecule has 0 heterocycles. The highest BCUT2D eigenvalue weighted by atomic mass is 24.4. The van der Waals surface area contributed by atoms with E-state index in [2.05, 4.69) is 0 Å². The summed E-state index contributed by atoms with van der Waals surface area (Å²) in [5, 5.41) is 0. The average Bonchev–Trinajstić information content (AvgIpc) is 1.97. The van der Waals surface area contributed by atoms with Crippen molar-refractivity contribution in [3.8, 4) is 0 Å². The second-order valence-electron chi connectivity index (χ2n) is 2.37. The van der Waals surface area contributed by atoms with Crippen LogP contribution >= 0.6 is 0 Å². The molecule has 8 N–H and O–H groups in total. The standard InChI is InChI=1S/C6H9N4.Mg/c7-3-1-2-4(8)6(10)5(3)9;/h1H,7-10H2;. The van der Waals surface area contributed by atoms with Gasteiger partial charge in [-0.1, -0.05) is 6.07 Å². The Balaban J connectivity index is 3.46. The monoisotopic (exact) mass is 161 g/mol. The second kappa shape index (κ2) is 2.67. The molecule has 1 rings (SSSR count). The van der Waals surface area contributed by atoms with Crippen LogP contribution in [0.25, 0.3) is 0 Å². The van der Waals surface area contributed by atoms with E-state index in [0.29, 0.717) is 22.7 Å². The smallest absolute Gasteiger partial charge is 0.279 e. The summed E-state index contributed by atoms with van der Waals surface area (Å²) in [5.41, 5.74) is 24.0. The van der Waals surface area contributed by atoms with Crippen molar-refractivity contribution in [3.05, 3.63) is 6.07 Å². The zero-order valence-corrected chi connectivity index (χ0v) is 7.51.